The van der Waals surface area contributed by atoms with Crippen LogP contribution in [0.15, 0.2) is 48.5 Å². The maximum absolute atomic E-state index is 13.1. The largest absolute Gasteiger partial charge is 0.417 e. The molecule has 2 aromatic rings. The molecule has 0 aliphatic carbocycles. The Balaban J connectivity index is 1.71. The maximum atomic E-state index is 13.1. The molecular formula is C20H21F3N2O2. The summed E-state index contributed by atoms with van der Waals surface area (Å²) in [4.78, 5) is 14.5. The minimum Gasteiger partial charge on any atom is -0.380 e. The first-order chi connectivity index (χ1) is 12.9. The van der Waals surface area contributed by atoms with E-state index in [1.807, 2.05) is 12.1 Å². The Morgan fingerprint density at radius 3 is 2.52 bits per heavy atom. The highest BCUT2D eigenvalue weighted by Crippen LogP contribution is 2.32. The summed E-state index contributed by atoms with van der Waals surface area (Å²) in [7, 11) is 1.70. The molecule has 0 bridgehead atoms. The van der Waals surface area contributed by atoms with Crippen molar-refractivity contribution in [2.24, 2.45) is 0 Å². The summed E-state index contributed by atoms with van der Waals surface area (Å²) in [6.07, 6.45) is -2.33. The zero-order chi connectivity index (χ0) is 19.4. The van der Waals surface area contributed by atoms with Crippen molar-refractivity contribution in [2.45, 2.75) is 25.1 Å². The number of halogens is 3. The number of piperidine rings is 1. The zero-order valence-corrected chi connectivity index (χ0v) is 14.9. The van der Waals surface area contributed by atoms with Crippen LogP contribution in [0.3, 0.4) is 0 Å². The number of nitrogens with one attached hydrogen (secondary N) is 1. The van der Waals surface area contributed by atoms with Gasteiger partial charge in [-0.1, -0.05) is 12.1 Å². The van der Waals surface area contributed by atoms with Crippen LogP contribution in [0.1, 0.15) is 28.8 Å². The van der Waals surface area contributed by atoms with Gasteiger partial charge in [0.15, 0.2) is 0 Å². The van der Waals surface area contributed by atoms with Crippen LogP contribution in [0, 0.1) is 0 Å². The fourth-order valence-electron chi connectivity index (χ4n) is 3.25. The summed E-state index contributed by atoms with van der Waals surface area (Å²) in [5.41, 5.74) is 0.0950. The van der Waals surface area contributed by atoms with Gasteiger partial charge in [-0.05, 0) is 49.2 Å². The topological polar surface area (TPSA) is 41.6 Å². The fraction of sp³-hybridized carbons (Fsp3) is 0.350. The predicted molar refractivity (Wildman–Crippen MR) is 98.1 cm³/mol. The van der Waals surface area contributed by atoms with Crippen molar-refractivity contribution in [3.05, 3.63) is 59.7 Å². The SMILES string of the molecule is COC1CCCN(c2ccc(NC(=O)c3ccccc3C(F)(F)F)cc2)C1. The van der Waals surface area contributed by atoms with E-state index in [0.717, 1.165) is 37.7 Å². The van der Waals surface area contributed by atoms with E-state index in [9.17, 15) is 18.0 Å². The molecule has 1 aliphatic heterocycles. The Kier molecular flexibility index (Phi) is 5.70. The quantitative estimate of drug-likeness (QED) is 0.847. The van der Waals surface area contributed by atoms with Crippen LogP contribution in [0.25, 0.3) is 0 Å². The molecule has 0 saturated carbocycles. The van der Waals surface area contributed by atoms with Gasteiger partial charge in [0.2, 0.25) is 0 Å². The summed E-state index contributed by atoms with van der Waals surface area (Å²) >= 11 is 0. The van der Waals surface area contributed by atoms with Crippen LogP contribution in [0.5, 0.6) is 0 Å². The van der Waals surface area contributed by atoms with Gasteiger partial charge >= 0.3 is 6.18 Å². The van der Waals surface area contributed by atoms with Crippen LogP contribution in [0.2, 0.25) is 0 Å². The van der Waals surface area contributed by atoms with Gasteiger partial charge in [0.1, 0.15) is 0 Å². The van der Waals surface area contributed by atoms with E-state index in [2.05, 4.69) is 10.2 Å². The van der Waals surface area contributed by atoms with E-state index in [0.29, 0.717) is 5.69 Å². The number of alkyl halides is 3. The van der Waals surface area contributed by atoms with Gasteiger partial charge in [0.25, 0.3) is 5.91 Å². The van der Waals surface area contributed by atoms with Crippen molar-refractivity contribution in [1.82, 2.24) is 0 Å². The van der Waals surface area contributed by atoms with Gasteiger partial charge in [-0.3, -0.25) is 4.79 Å². The number of nitrogens with zero attached hydrogens (tertiary/aromatic N) is 1. The Morgan fingerprint density at radius 2 is 1.85 bits per heavy atom. The second-order valence-electron chi connectivity index (χ2n) is 6.49. The van der Waals surface area contributed by atoms with Crippen LogP contribution in [-0.2, 0) is 10.9 Å². The van der Waals surface area contributed by atoms with Gasteiger partial charge in [-0.15, -0.1) is 0 Å². The van der Waals surface area contributed by atoms with E-state index in [-0.39, 0.29) is 6.10 Å². The Labute approximate surface area is 155 Å². The molecule has 2 aromatic carbocycles. The number of carbonyl (C=O) groups is 1. The highest BCUT2D eigenvalue weighted by Gasteiger charge is 2.34. The van der Waals surface area contributed by atoms with Crippen molar-refractivity contribution in [3.8, 4) is 0 Å². The average molecular weight is 378 g/mol. The van der Waals surface area contributed by atoms with Gasteiger partial charge in [-0.2, -0.15) is 13.2 Å². The molecule has 27 heavy (non-hydrogen) atoms. The number of carbonyl (C=O) groups excluding carboxylic acids is 1. The molecule has 1 aliphatic rings. The van der Waals surface area contributed by atoms with E-state index in [4.69, 9.17) is 4.74 Å². The van der Waals surface area contributed by atoms with Crippen molar-refractivity contribution >= 4 is 17.3 Å². The van der Waals surface area contributed by atoms with Crippen molar-refractivity contribution in [2.75, 3.05) is 30.4 Å². The minimum absolute atomic E-state index is 0.192. The van der Waals surface area contributed by atoms with E-state index in [1.54, 1.807) is 19.2 Å². The molecule has 1 unspecified atom stereocenters. The normalized spacial score (nSPS) is 17.6. The monoisotopic (exact) mass is 378 g/mol. The zero-order valence-electron chi connectivity index (χ0n) is 14.9. The smallest absolute Gasteiger partial charge is 0.380 e. The number of anilines is 2. The fourth-order valence-corrected chi connectivity index (χ4v) is 3.25. The number of hydrogen-bond donors (Lipinski definition) is 1. The molecule has 3 rings (SSSR count). The number of hydrogen-bond acceptors (Lipinski definition) is 3. The molecule has 4 nitrogen and oxygen atoms in total. The van der Waals surface area contributed by atoms with Crippen LogP contribution >= 0.6 is 0 Å². The van der Waals surface area contributed by atoms with Gasteiger partial charge < -0.3 is 15.0 Å². The molecule has 0 radical (unpaired) electrons. The van der Waals surface area contributed by atoms with E-state index < -0.39 is 23.2 Å². The lowest BCUT2D eigenvalue weighted by atomic mass is 10.1. The van der Waals surface area contributed by atoms with Gasteiger partial charge in [-0.25, -0.2) is 0 Å². The lowest BCUT2D eigenvalue weighted by molar-refractivity contribution is -0.137. The summed E-state index contributed by atoms with van der Waals surface area (Å²) in [6.45, 7) is 1.71. The molecule has 0 spiro atoms. The number of benzene rings is 2. The minimum atomic E-state index is -4.58. The second kappa shape index (κ2) is 8.00. The van der Waals surface area contributed by atoms with Crippen LogP contribution < -0.4 is 10.2 Å². The molecule has 7 heteroatoms. The molecular weight excluding hydrogens is 357 g/mol. The average Bonchev–Trinajstić information content (AvgIpc) is 2.68. The van der Waals surface area contributed by atoms with Crippen LogP contribution in [-0.4, -0.2) is 32.2 Å². The first-order valence-corrected chi connectivity index (χ1v) is 8.74. The Morgan fingerprint density at radius 1 is 1.15 bits per heavy atom. The number of methoxy groups -OCH3 is 1. The summed E-state index contributed by atoms with van der Waals surface area (Å²) in [6, 6.07) is 11.8. The first kappa shape index (κ1) is 19.2. The Hall–Kier alpha value is -2.54. The third kappa shape index (κ3) is 4.60. The highest BCUT2D eigenvalue weighted by molar-refractivity contribution is 6.05. The molecule has 1 atom stereocenters. The second-order valence-corrected chi connectivity index (χ2v) is 6.49. The maximum Gasteiger partial charge on any atom is 0.417 e. The highest BCUT2D eigenvalue weighted by atomic mass is 19.4. The molecule has 1 saturated heterocycles. The molecule has 1 fully saturated rings. The van der Waals surface area contributed by atoms with E-state index >= 15 is 0 Å². The lowest BCUT2D eigenvalue weighted by Gasteiger charge is -2.33. The summed E-state index contributed by atoms with van der Waals surface area (Å²) in [5, 5.41) is 2.54. The van der Waals surface area contributed by atoms with Crippen molar-refractivity contribution in [1.29, 1.82) is 0 Å². The van der Waals surface area contributed by atoms with E-state index in [1.165, 1.54) is 18.2 Å². The standard InChI is InChI=1S/C20H21F3N2O2/c1-27-16-5-4-12-25(13-16)15-10-8-14(9-11-15)24-19(26)17-6-2-3-7-18(17)20(21,22)23/h2-3,6-11,16H,4-5,12-13H2,1H3,(H,24,26). The molecule has 1 heterocycles. The molecule has 1 amide bonds. The number of rotatable bonds is 4. The summed E-state index contributed by atoms with van der Waals surface area (Å²) in [5.74, 6) is -0.784. The number of amides is 1. The lowest BCUT2D eigenvalue weighted by Crippen LogP contribution is -2.39. The number of ether oxygens (including phenoxy) is 1. The molecule has 1 N–H and O–H groups in total. The van der Waals surface area contributed by atoms with Crippen LogP contribution in [0.4, 0.5) is 24.5 Å². The van der Waals surface area contributed by atoms with Crippen molar-refractivity contribution < 1.29 is 22.7 Å². The third-order valence-corrected chi connectivity index (χ3v) is 4.68. The molecule has 0 aromatic heterocycles. The predicted octanol–water partition coefficient (Wildman–Crippen LogP) is 4.57. The van der Waals surface area contributed by atoms with Crippen molar-refractivity contribution in [3.63, 3.8) is 0 Å². The Bertz CT molecular complexity index is 791. The van der Waals surface area contributed by atoms with Gasteiger partial charge in [0.05, 0.1) is 17.2 Å². The third-order valence-electron chi connectivity index (χ3n) is 4.68. The first-order valence-electron chi connectivity index (χ1n) is 8.74. The molecule has 144 valence electrons. The van der Waals surface area contributed by atoms with Gasteiger partial charge in [0, 0.05) is 31.6 Å². The summed E-state index contributed by atoms with van der Waals surface area (Å²) < 4.78 is 44.6.